The number of pyridine rings is 1. The third kappa shape index (κ3) is 3.03. The van der Waals surface area contributed by atoms with E-state index in [1.54, 1.807) is 0 Å². The van der Waals surface area contributed by atoms with E-state index in [1.165, 1.54) is 12.3 Å². The Morgan fingerprint density at radius 3 is 2.45 bits per heavy atom. The van der Waals surface area contributed by atoms with Gasteiger partial charge in [-0.3, -0.25) is 0 Å². The quantitative estimate of drug-likeness (QED) is 0.868. The number of nitrogens with zero attached hydrogens (tertiary/aromatic N) is 2. The van der Waals surface area contributed by atoms with Crippen LogP contribution < -0.4 is 10.6 Å². The van der Waals surface area contributed by atoms with Crippen molar-refractivity contribution in [3.8, 4) is 0 Å². The summed E-state index contributed by atoms with van der Waals surface area (Å²) >= 11 is 0. The van der Waals surface area contributed by atoms with Gasteiger partial charge in [0.05, 0.1) is 11.3 Å². The van der Waals surface area contributed by atoms with Crippen molar-refractivity contribution in [2.24, 2.45) is 11.3 Å². The molecule has 20 heavy (non-hydrogen) atoms. The minimum atomic E-state index is -0.998. The predicted molar refractivity (Wildman–Crippen MR) is 80.0 cm³/mol. The van der Waals surface area contributed by atoms with Gasteiger partial charge in [-0.2, -0.15) is 0 Å². The van der Waals surface area contributed by atoms with Crippen LogP contribution in [0.5, 0.6) is 0 Å². The van der Waals surface area contributed by atoms with Crippen LogP contribution in [0.15, 0.2) is 12.3 Å². The Labute approximate surface area is 119 Å². The first-order valence-corrected chi connectivity index (χ1v) is 7.03. The van der Waals surface area contributed by atoms with E-state index in [0.717, 1.165) is 25.9 Å². The number of nitrogens with two attached hydrogens (primary N) is 1. The van der Waals surface area contributed by atoms with Crippen molar-refractivity contribution in [2.75, 3.05) is 23.7 Å². The van der Waals surface area contributed by atoms with Crippen molar-refractivity contribution in [1.29, 1.82) is 0 Å². The number of piperidine rings is 1. The van der Waals surface area contributed by atoms with Crippen molar-refractivity contribution < 1.29 is 9.90 Å². The lowest BCUT2D eigenvalue weighted by atomic mass is 9.75. The second kappa shape index (κ2) is 5.31. The molecule has 1 aromatic rings. The van der Waals surface area contributed by atoms with E-state index in [9.17, 15) is 4.79 Å². The van der Waals surface area contributed by atoms with Crippen molar-refractivity contribution in [3.05, 3.63) is 17.8 Å². The molecule has 1 saturated heterocycles. The van der Waals surface area contributed by atoms with Gasteiger partial charge in [0, 0.05) is 19.3 Å². The molecule has 0 unspecified atom stereocenters. The number of aromatic carboxylic acids is 1. The molecule has 5 heteroatoms. The Bertz CT molecular complexity index is 500. The van der Waals surface area contributed by atoms with Crippen LogP contribution in [0.3, 0.4) is 0 Å². The molecule has 110 valence electrons. The van der Waals surface area contributed by atoms with Crippen molar-refractivity contribution in [3.63, 3.8) is 0 Å². The molecule has 0 aliphatic carbocycles. The first kappa shape index (κ1) is 14.6. The summed E-state index contributed by atoms with van der Waals surface area (Å²) < 4.78 is 0. The fraction of sp³-hybridized carbons (Fsp3) is 0.600. The molecule has 1 aromatic heterocycles. The molecule has 2 rings (SSSR count). The smallest absolute Gasteiger partial charge is 0.337 e. The van der Waals surface area contributed by atoms with Gasteiger partial charge in [-0.05, 0) is 30.2 Å². The molecule has 0 amide bonds. The maximum absolute atomic E-state index is 10.9. The molecule has 1 aliphatic heterocycles. The van der Waals surface area contributed by atoms with Crippen molar-refractivity contribution in [2.45, 2.75) is 33.6 Å². The summed E-state index contributed by atoms with van der Waals surface area (Å²) in [6, 6.07) is 1.49. The second-order valence-electron chi connectivity index (χ2n) is 6.57. The molecular weight excluding hydrogens is 254 g/mol. The zero-order valence-electron chi connectivity index (χ0n) is 12.4. The minimum Gasteiger partial charge on any atom is -0.478 e. The van der Waals surface area contributed by atoms with Crippen LogP contribution in [0.1, 0.15) is 44.0 Å². The maximum atomic E-state index is 10.9. The number of carbonyl (C=O) groups is 1. The molecular formula is C15H23N3O2. The summed E-state index contributed by atoms with van der Waals surface area (Å²) in [7, 11) is 0. The van der Waals surface area contributed by atoms with E-state index in [0.29, 0.717) is 22.8 Å². The molecule has 0 bridgehead atoms. The van der Waals surface area contributed by atoms with Crippen LogP contribution in [0.2, 0.25) is 0 Å². The molecule has 5 nitrogen and oxygen atoms in total. The Balaban J connectivity index is 2.09. The highest BCUT2D eigenvalue weighted by molar-refractivity contribution is 5.89. The number of hydrogen-bond acceptors (Lipinski definition) is 4. The van der Waals surface area contributed by atoms with Gasteiger partial charge < -0.3 is 15.7 Å². The Kier molecular flexibility index (Phi) is 3.88. The Morgan fingerprint density at radius 2 is 2.00 bits per heavy atom. The summed E-state index contributed by atoms with van der Waals surface area (Å²) in [5.74, 6) is 0.419. The topological polar surface area (TPSA) is 79.5 Å². The van der Waals surface area contributed by atoms with Crippen LogP contribution in [0.4, 0.5) is 11.5 Å². The zero-order valence-corrected chi connectivity index (χ0v) is 12.4. The number of carboxylic acids is 1. The lowest BCUT2D eigenvalue weighted by Crippen LogP contribution is -2.38. The number of rotatable bonds is 2. The van der Waals surface area contributed by atoms with Crippen molar-refractivity contribution in [1.82, 2.24) is 4.98 Å². The van der Waals surface area contributed by atoms with Gasteiger partial charge in [0.2, 0.25) is 0 Å². The molecule has 0 saturated carbocycles. The third-order valence-corrected chi connectivity index (χ3v) is 4.16. The monoisotopic (exact) mass is 277 g/mol. The molecule has 0 atom stereocenters. The summed E-state index contributed by atoms with van der Waals surface area (Å²) in [6.07, 6.45) is 3.61. The van der Waals surface area contributed by atoms with Gasteiger partial charge in [-0.1, -0.05) is 20.8 Å². The summed E-state index contributed by atoms with van der Waals surface area (Å²) in [5.41, 5.74) is 6.85. The van der Waals surface area contributed by atoms with E-state index in [2.05, 4.69) is 30.7 Å². The maximum Gasteiger partial charge on any atom is 0.337 e. The highest BCUT2D eigenvalue weighted by Crippen LogP contribution is 2.36. The normalized spacial score (nSPS) is 17.2. The standard InChI is InChI=1S/C15H23N3O2/c1-15(2,3)11-4-6-18(7-5-11)13-12(16)8-10(9-17-13)14(19)20/h8-9,11H,4-7,16H2,1-3H3,(H,19,20). The second-order valence-corrected chi connectivity index (χ2v) is 6.57. The Morgan fingerprint density at radius 1 is 1.40 bits per heavy atom. The largest absolute Gasteiger partial charge is 0.478 e. The fourth-order valence-corrected chi connectivity index (χ4v) is 2.81. The average molecular weight is 277 g/mol. The van der Waals surface area contributed by atoms with Gasteiger partial charge in [-0.15, -0.1) is 0 Å². The molecule has 0 spiro atoms. The first-order valence-electron chi connectivity index (χ1n) is 7.03. The Hall–Kier alpha value is -1.78. The first-order chi connectivity index (χ1) is 9.29. The van der Waals surface area contributed by atoms with Crippen LogP contribution in [0.25, 0.3) is 0 Å². The summed E-state index contributed by atoms with van der Waals surface area (Å²) in [5, 5.41) is 8.93. The number of hydrogen-bond donors (Lipinski definition) is 2. The molecule has 2 heterocycles. The predicted octanol–water partition coefficient (Wildman–Crippen LogP) is 2.62. The van der Waals surface area contributed by atoms with Crippen LogP contribution in [-0.2, 0) is 0 Å². The van der Waals surface area contributed by atoms with E-state index in [-0.39, 0.29) is 5.56 Å². The minimum absolute atomic E-state index is 0.135. The lowest BCUT2D eigenvalue weighted by molar-refractivity contribution is 0.0696. The fourth-order valence-electron chi connectivity index (χ4n) is 2.81. The zero-order chi connectivity index (χ0) is 14.9. The van der Waals surface area contributed by atoms with Gasteiger partial charge in [0.15, 0.2) is 5.82 Å². The molecule has 1 fully saturated rings. The molecule has 1 aliphatic rings. The lowest BCUT2D eigenvalue weighted by Gasteiger charge is -2.39. The molecule has 0 aromatic carbocycles. The highest BCUT2D eigenvalue weighted by Gasteiger charge is 2.29. The van der Waals surface area contributed by atoms with E-state index < -0.39 is 5.97 Å². The number of aromatic nitrogens is 1. The van der Waals surface area contributed by atoms with Gasteiger partial charge in [-0.25, -0.2) is 9.78 Å². The summed E-state index contributed by atoms with van der Waals surface area (Å²) in [4.78, 5) is 17.3. The highest BCUT2D eigenvalue weighted by atomic mass is 16.4. The third-order valence-electron chi connectivity index (χ3n) is 4.16. The van der Waals surface area contributed by atoms with E-state index >= 15 is 0 Å². The van der Waals surface area contributed by atoms with Crippen LogP contribution in [0, 0.1) is 11.3 Å². The van der Waals surface area contributed by atoms with E-state index in [1.807, 2.05) is 0 Å². The molecule has 3 N–H and O–H groups in total. The number of carboxylic acid groups (broad SMARTS) is 1. The summed E-state index contributed by atoms with van der Waals surface area (Å²) in [6.45, 7) is 8.68. The van der Waals surface area contributed by atoms with Gasteiger partial charge >= 0.3 is 5.97 Å². The van der Waals surface area contributed by atoms with Crippen LogP contribution in [-0.4, -0.2) is 29.1 Å². The molecule has 0 radical (unpaired) electrons. The van der Waals surface area contributed by atoms with E-state index in [4.69, 9.17) is 10.8 Å². The number of nitrogen functional groups attached to an aromatic ring is 1. The van der Waals surface area contributed by atoms with Crippen LogP contribution >= 0.6 is 0 Å². The number of anilines is 2. The van der Waals surface area contributed by atoms with Gasteiger partial charge in [0.25, 0.3) is 0 Å². The van der Waals surface area contributed by atoms with Crippen molar-refractivity contribution >= 4 is 17.5 Å². The van der Waals surface area contributed by atoms with Gasteiger partial charge in [0.1, 0.15) is 0 Å². The average Bonchev–Trinajstić information content (AvgIpc) is 2.37. The SMILES string of the molecule is CC(C)(C)C1CCN(c2ncc(C(=O)O)cc2N)CC1.